The van der Waals surface area contributed by atoms with E-state index in [1.165, 1.54) is 5.56 Å². The molecule has 1 atom stereocenters. The molecule has 0 saturated carbocycles. The molecule has 0 fully saturated rings. The van der Waals surface area contributed by atoms with Crippen molar-refractivity contribution in [2.24, 2.45) is 10.7 Å². The normalized spacial score (nSPS) is 12.8. The highest BCUT2D eigenvalue weighted by molar-refractivity contribution is 7.84. The Bertz CT molecular complexity index is 671. The number of aryl methyl sites for hydroxylation is 1. The molecule has 0 aliphatic heterocycles. The van der Waals surface area contributed by atoms with Crippen LogP contribution in [0, 0.1) is 0 Å². The van der Waals surface area contributed by atoms with Gasteiger partial charge in [-0.3, -0.25) is 9.20 Å². The molecule has 2 aromatic carbocycles. The molecular weight excluding hydrogens is 306 g/mol. The van der Waals surface area contributed by atoms with Gasteiger partial charge in [-0.2, -0.15) is 0 Å². The molecule has 0 spiro atoms. The van der Waals surface area contributed by atoms with E-state index in [-0.39, 0.29) is 0 Å². The van der Waals surface area contributed by atoms with E-state index in [0.29, 0.717) is 24.0 Å². The minimum Gasteiger partial charge on any atom is -0.370 e. The standard InChI is InChI=1S/C18H23N3OS/c1-2-15-9-6-10-17(13-15)21-18(19)20-11-12-23(22)14-16-7-4-3-5-8-16/h3-10,13H,2,11-12,14H2,1H3,(H3,19,20,21). The average Bonchev–Trinajstić information content (AvgIpc) is 2.56. The van der Waals surface area contributed by atoms with Crippen molar-refractivity contribution in [2.75, 3.05) is 17.6 Å². The van der Waals surface area contributed by atoms with Crippen molar-refractivity contribution < 1.29 is 4.21 Å². The first-order valence-corrected chi connectivity index (χ1v) is 9.21. The number of nitrogens with one attached hydrogen (secondary N) is 1. The van der Waals surface area contributed by atoms with Gasteiger partial charge < -0.3 is 11.1 Å². The van der Waals surface area contributed by atoms with Crippen LogP contribution in [0.2, 0.25) is 0 Å². The summed E-state index contributed by atoms with van der Waals surface area (Å²) in [5, 5.41) is 3.07. The summed E-state index contributed by atoms with van der Waals surface area (Å²) in [5.74, 6) is 1.42. The van der Waals surface area contributed by atoms with E-state index >= 15 is 0 Å². The fourth-order valence-electron chi connectivity index (χ4n) is 2.16. The van der Waals surface area contributed by atoms with Gasteiger partial charge in [0.25, 0.3) is 0 Å². The minimum absolute atomic E-state index is 0.356. The van der Waals surface area contributed by atoms with Crippen molar-refractivity contribution in [3.05, 3.63) is 65.7 Å². The number of rotatable bonds is 7. The Morgan fingerprint density at radius 1 is 1.13 bits per heavy atom. The van der Waals surface area contributed by atoms with Gasteiger partial charge in [-0.1, -0.05) is 49.4 Å². The van der Waals surface area contributed by atoms with Crippen LogP contribution in [0.25, 0.3) is 0 Å². The van der Waals surface area contributed by atoms with Crippen LogP contribution >= 0.6 is 0 Å². The SMILES string of the molecule is CCc1cccc(NC(N)=NCCS(=O)Cc2ccccc2)c1. The highest BCUT2D eigenvalue weighted by Gasteiger charge is 2.01. The van der Waals surface area contributed by atoms with Crippen LogP contribution in [-0.2, 0) is 23.0 Å². The Morgan fingerprint density at radius 2 is 1.87 bits per heavy atom. The zero-order valence-corrected chi connectivity index (χ0v) is 14.2. The molecule has 1 unspecified atom stereocenters. The highest BCUT2D eigenvalue weighted by atomic mass is 32.2. The Balaban J connectivity index is 1.79. The van der Waals surface area contributed by atoms with Gasteiger partial charge in [-0.15, -0.1) is 0 Å². The third-order valence-electron chi connectivity index (χ3n) is 3.38. The van der Waals surface area contributed by atoms with Gasteiger partial charge >= 0.3 is 0 Å². The third-order valence-corrected chi connectivity index (χ3v) is 4.67. The molecule has 0 radical (unpaired) electrons. The van der Waals surface area contributed by atoms with E-state index < -0.39 is 10.8 Å². The van der Waals surface area contributed by atoms with E-state index in [4.69, 9.17) is 5.73 Å². The molecule has 2 rings (SSSR count). The van der Waals surface area contributed by atoms with Gasteiger partial charge in [-0.05, 0) is 29.7 Å². The summed E-state index contributed by atoms with van der Waals surface area (Å²) in [4.78, 5) is 4.25. The summed E-state index contributed by atoms with van der Waals surface area (Å²) in [6.45, 7) is 2.56. The van der Waals surface area contributed by atoms with Crippen molar-refractivity contribution in [1.29, 1.82) is 0 Å². The zero-order chi connectivity index (χ0) is 16.5. The third kappa shape index (κ3) is 6.24. The molecule has 0 heterocycles. The number of nitrogens with zero attached hydrogens (tertiary/aromatic N) is 1. The van der Waals surface area contributed by atoms with Gasteiger partial charge in [0.2, 0.25) is 0 Å². The lowest BCUT2D eigenvalue weighted by molar-refractivity contribution is 0.682. The lowest BCUT2D eigenvalue weighted by Crippen LogP contribution is -2.23. The summed E-state index contributed by atoms with van der Waals surface area (Å²) >= 11 is 0. The van der Waals surface area contributed by atoms with Crippen LogP contribution in [-0.4, -0.2) is 22.5 Å². The molecule has 0 saturated heterocycles. The summed E-state index contributed by atoms with van der Waals surface area (Å²) in [6.07, 6.45) is 0.977. The number of nitrogens with two attached hydrogens (primary N) is 1. The molecule has 0 aliphatic rings. The second-order valence-electron chi connectivity index (χ2n) is 5.22. The Morgan fingerprint density at radius 3 is 2.61 bits per heavy atom. The van der Waals surface area contributed by atoms with Crippen LogP contribution in [0.4, 0.5) is 5.69 Å². The summed E-state index contributed by atoms with van der Waals surface area (Å²) in [6, 6.07) is 17.9. The zero-order valence-electron chi connectivity index (χ0n) is 13.4. The van der Waals surface area contributed by atoms with Gasteiger partial charge in [0.15, 0.2) is 5.96 Å². The van der Waals surface area contributed by atoms with Crippen molar-refractivity contribution >= 4 is 22.4 Å². The van der Waals surface area contributed by atoms with Crippen LogP contribution in [0.5, 0.6) is 0 Å². The monoisotopic (exact) mass is 329 g/mol. The average molecular weight is 329 g/mol. The van der Waals surface area contributed by atoms with Crippen LogP contribution in [0.15, 0.2) is 59.6 Å². The van der Waals surface area contributed by atoms with Crippen molar-refractivity contribution in [3.8, 4) is 0 Å². The van der Waals surface area contributed by atoms with Crippen LogP contribution in [0.1, 0.15) is 18.1 Å². The number of hydrogen-bond donors (Lipinski definition) is 2. The molecule has 3 N–H and O–H groups in total. The first-order chi connectivity index (χ1) is 11.2. The maximum atomic E-state index is 12.0. The molecule has 5 heteroatoms. The van der Waals surface area contributed by atoms with E-state index in [1.54, 1.807) is 0 Å². The summed E-state index contributed by atoms with van der Waals surface area (Å²) in [7, 11) is -0.929. The molecule has 122 valence electrons. The lowest BCUT2D eigenvalue weighted by Gasteiger charge is -2.07. The molecular formula is C18H23N3OS. The summed E-state index contributed by atoms with van der Waals surface area (Å²) < 4.78 is 12.0. The Kier molecular flexibility index (Phi) is 6.81. The second kappa shape index (κ2) is 9.10. The first kappa shape index (κ1) is 17.2. The molecule has 0 amide bonds. The molecule has 0 aliphatic carbocycles. The Labute approximate surface area is 140 Å². The summed E-state index contributed by atoms with van der Waals surface area (Å²) in [5.41, 5.74) is 9.13. The van der Waals surface area contributed by atoms with Gasteiger partial charge in [0.05, 0.1) is 6.54 Å². The second-order valence-corrected chi connectivity index (χ2v) is 6.80. The largest absolute Gasteiger partial charge is 0.370 e. The maximum Gasteiger partial charge on any atom is 0.193 e. The van der Waals surface area contributed by atoms with Crippen molar-refractivity contribution in [2.45, 2.75) is 19.1 Å². The smallest absolute Gasteiger partial charge is 0.193 e. The number of guanidine groups is 1. The topological polar surface area (TPSA) is 67.5 Å². The quantitative estimate of drug-likeness (QED) is 0.606. The number of hydrogen-bond acceptors (Lipinski definition) is 2. The van der Waals surface area contributed by atoms with Gasteiger partial charge in [0, 0.05) is 28.0 Å². The molecule has 23 heavy (non-hydrogen) atoms. The van der Waals surface area contributed by atoms with Crippen molar-refractivity contribution in [1.82, 2.24) is 0 Å². The minimum atomic E-state index is -0.929. The number of benzene rings is 2. The van der Waals surface area contributed by atoms with E-state index in [0.717, 1.165) is 17.7 Å². The van der Waals surface area contributed by atoms with E-state index in [9.17, 15) is 4.21 Å². The first-order valence-electron chi connectivity index (χ1n) is 7.72. The lowest BCUT2D eigenvalue weighted by atomic mass is 10.1. The van der Waals surface area contributed by atoms with Gasteiger partial charge in [-0.25, -0.2) is 0 Å². The fourth-order valence-corrected chi connectivity index (χ4v) is 3.16. The predicted molar refractivity (Wildman–Crippen MR) is 99.1 cm³/mol. The van der Waals surface area contributed by atoms with E-state index in [2.05, 4.69) is 29.4 Å². The fraction of sp³-hybridized carbons (Fsp3) is 0.278. The number of anilines is 1. The van der Waals surface area contributed by atoms with E-state index in [1.807, 2.05) is 42.5 Å². The molecule has 0 bridgehead atoms. The molecule has 2 aromatic rings. The van der Waals surface area contributed by atoms with Gasteiger partial charge in [0.1, 0.15) is 0 Å². The van der Waals surface area contributed by atoms with Crippen LogP contribution in [0.3, 0.4) is 0 Å². The highest BCUT2D eigenvalue weighted by Crippen LogP contribution is 2.10. The number of aliphatic imine (C=N–C) groups is 1. The maximum absolute atomic E-state index is 12.0. The molecule has 4 nitrogen and oxygen atoms in total. The Hall–Kier alpha value is -2.14. The predicted octanol–water partition coefficient (Wildman–Crippen LogP) is 2.92. The van der Waals surface area contributed by atoms with Crippen LogP contribution < -0.4 is 11.1 Å². The van der Waals surface area contributed by atoms with Crippen molar-refractivity contribution in [3.63, 3.8) is 0 Å². The molecule has 0 aromatic heterocycles.